The van der Waals surface area contributed by atoms with Crippen LogP contribution in [0.15, 0.2) is 0 Å². The van der Waals surface area contributed by atoms with Gasteiger partial charge < -0.3 is 0 Å². The Balaban J connectivity index is 2.19. The van der Waals surface area contributed by atoms with Gasteiger partial charge in [-0.3, -0.25) is 0 Å². The quantitative estimate of drug-likeness (QED) is 0.491. The Morgan fingerprint density at radius 2 is 2.20 bits per heavy atom. The van der Waals surface area contributed by atoms with Crippen LogP contribution in [-0.2, 0) is 0 Å². The van der Waals surface area contributed by atoms with E-state index in [0.717, 1.165) is 0 Å². The number of hydrogen-bond donors (Lipinski definition) is 0. The van der Waals surface area contributed by atoms with Crippen molar-refractivity contribution in [1.82, 2.24) is 0 Å². The van der Waals surface area contributed by atoms with E-state index in [0.29, 0.717) is 0 Å². The van der Waals surface area contributed by atoms with Crippen LogP contribution in [0, 0.1) is 0 Å². The summed E-state index contributed by atoms with van der Waals surface area (Å²) in [6.45, 7) is 2.22. The van der Waals surface area contributed by atoms with Crippen molar-refractivity contribution in [3.8, 4) is 0 Å². The van der Waals surface area contributed by atoms with Gasteiger partial charge in [-0.15, -0.1) is 0 Å². The molecule has 0 heterocycles. The molecule has 0 nitrogen and oxygen atoms in total. The Bertz CT molecular complexity index is 11.1. The van der Waals surface area contributed by atoms with Gasteiger partial charge in [-0.05, 0) is 0 Å². The van der Waals surface area contributed by atoms with Crippen LogP contribution in [0.5, 0.6) is 0 Å². The zero-order chi connectivity index (χ0) is 4.12. The second-order valence-electron chi connectivity index (χ2n) is 1.14. The first kappa shape index (κ1) is 5.64. The Kier molecular flexibility index (Phi) is 5.23. The molecule has 0 aliphatic heterocycles. The van der Waals surface area contributed by atoms with E-state index >= 15 is 0 Å². The van der Waals surface area contributed by atoms with Gasteiger partial charge in [0.05, 0.1) is 0 Å². The fourth-order valence-corrected chi connectivity index (χ4v) is 1.06. The maximum atomic E-state index is 2.22. The average Bonchev–Trinajstić information content (AvgIpc) is 1.41. The summed E-state index contributed by atoms with van der Waals surface area (Å²) >= 11 is 1.85. The first-order chi connectivity index (χ1) is 2.41. The zero-order valence-electron chi connectivity index (χ0n) is 3.70. The monoisotopic (exact) mass is 126 g/mol. The predicted octanol–water partition coefficient (Wildman–Crippen LogP) is 1.37. The van der Waals surface area contributed by atoms with Crippen molar-refractivity contribution in [3.63, 3.8) is 0 Å². The van der Waals surface area contributed by atoms with Crippen molar-refractivity contribution >= 4 is 18.6 Å². The molecular formula is C4H9Ga. The molecule has 0 aliphatic carbocycles. The van der Waals surface area contributed by atoms with E-state index < -0.39 is 0 Å². The molecule has 5 heavy (non-hydrogen) atoms. The van der Waals surface area contributed by atoms with Crippen LogP contribution in [0.4, 0.5) is 0 Å². The van der Waals surface area contributed by atoms with Crippen LogP contribution in [0.3, 0.4) is 0 Å². The molecule has 0 atom stereocenters. The van der Waals surface area contributed by atoms with Gasteiger partial charge in [-0.1, -0.05) is 0 Å². The molecule has 2 radical (unpaired) electrons. The van der Waals surface area contributed by atoms with Crippen molar-refractivity contribution < 1.29 is 0 Å². The standard InChI is InChI=1S/C4H9.Ga/c1-3-4-2;/h1,3-4H2,2H3;. The molecule has 0 aromatic rings. The normalized spacial score (nSPS) is 8.20. The average molecular weight is 127 g/mol. The summed E-state index contributed by atoms with van der Waals surface area (Å²) in [5.74, 6) is 0. The van der Waals surface area contributed by atoms with Crippen LogP contribution in [0.25, 0.3) is 0 Å². The summed E-state index contributed by atoms with van der Waals surface area (Å²) in [7, 11) is 0. The first-order valence-electron chi connectivity index (χ1n) is 2.12. The molecule has 0 fully saturated rings. The second kappa shape index (κ2) is 4.64. The summed E-state index contributed by atoms with van der Waals surface area (Å²) in [6.07, 6.45) is 2.78. The van der Waals surface area contributed by atoms with E-state index in [1.54, 1.807) is 0 Å². The van der Waals surface area contributed by atoms with E-state index in [9.17, 15) is 0 Å². The van der Waals surface area contributed by atoms with Gasteiger partial charge in [0.2, 0.25) is 0 Å². The third kappa shape index (κ3) is 4.64. The Morgan fingerprint density at radius 3 is 2.20 bits per heavy atom. The summed E-state index contributed by atoms with van der Waals surface area (Å²) in [5, 5.41) is 0. The number of rotatable bonds is 2. The van der Waals surface area contributed by atoms with Crippen molar-refractivity contribution in [2.24, 2.45) is 0 Å². The number of unbranched alkanes of at least 4 members (excludes halogenated alkanes) is 1. The van der Waals surface area contributed by atoms with Gasteiger partial charge >= 0.3 is 43.3 Å². The Hall–Kier alpha value is 0.636. The van der Waals surface area contributed by atoms with Gasteiger partial charge in [0.25, 0.3) is 0 Å². The summed E-state index contributed by atoms with van der Waals surface area (Å²) < 4.78 is 0. The van der Waals surface area contributed by atoms with Gasteiger partial charge in [-0.2, -0.15) is 0 Å². The molecular weight excluding hydrogens is 118 g/mol. The minimum atomic E-state index is 1.36. The molecule has 0 unspecified atom stereocenters. The molecule has 28 valence electrons. The first-order valence-corrected chi connectivity index (χ1v) is 3.83. The van der Waals surface area contributed by atoms with Crippen LogP contribution >= 0.6 is 0 Å². The topological polar surface area (TPSA) is 0 Å². The molecule has 0 spiro atoms. The molecule has 0 amide bonds. The van der Waals surface area contributed by atoms with Crippen molar-refractivity contribution in [1.29, 1.82) is 0 Å². The summed E-state index contributed by atoms with van der Waals surface area (Å²) in [6, 6.07) is 0. The van der Waals surface area contributed by atoms with Gasteiger partial charge in [-0.25, -0.2) is 0 Å². The molecule has 0 aromatic carbocycles. The molecule has 0 saturated heterocycles. The van der Waals surface area contributed by atoms with E-state index in [1.807, 2.05) is 18.6 Å². The third-order valence-electron chi connectivity index (χ3n) is 0.558. The number of hydrogen-bond acceptors (Lipinski definition) is 0. The fourth-order valence-electron chi connectivity index (χ4n) is 0.204. The zero-order valence-corrected chi connectivity index (χ0v) is 6.12. The van der Waals surface area contributed by atoms with Crippen LogP contribution in [0.1, 0.15) is 19.8 Å². The van der Waals surface area contributed by atoms with Crippen LogP contribution < -0.4 is 0 Å². The van der Waals surface area contributed by atoms with E-state index in [2.05, 4.69) is 6.92 Å². The van der Waals surface area contributed by atoms with Gasteiger partial charge in [0.15, 0.2) is 0 Å². The van der Waals surface area contributed by atoms with Crippen molar-refractivity contribution in [2.45, 2.75) is 24.7 Å². The van der Waals surface area contributed by atoms with Gasteiger partial charge in [0.1, 0.15) is 0 Å². The second-order valence-corrected chi connectivity index (χ2v) is 2.35. The van der Waals surface area contributed by atoms with Crippen LogP contribution in [0.2, 0.25) is 4.98 Å². The van der Waals surface area contributed by atoms with Crippen molar-refractivity contribution in [3.05, 3.63) is 0 Å². The Labute approximate surface area is 43.9 Å². The predicted molar refractivity (Wildman–Crippen MR) is 25.5 cm³/mol. The third-order valence-corrected chi connectivity index (χ3v) is 1.41. The summed E-state index contributed by atoms with van der Waals surface area (Å²) in [4.78, 5) is 1.41. The fraction of sp³-hybridized carbons (Fsp3) is 1.00. The SMILES string of the molecule is CCC[CH2][Ga]. The molecule has 0 saturated carbocycles. The molecule has 0 aliphatic rings. The van der Waals surface area contributed by atoms with Gasteiger partial charge in [0, 0.05) is 0 Å². The molecule has 0 N–H and O–H groups in total. The van der Waals surface area contributed by atoms with Crippen LogP contribution in [-0.4, -0.2) is 18.6 Å². The van der Waals surface area contributed by atoms with E-state index in [1.165, 1.54) is 17.8 Å². The van der Waals surface area contributed by atoms with Crippen molar-refractivity contribution in [2.75, 3.05) is 0 Å². The molecule has 0 bridgehead atoms. The summed E-state index contributed by atoms with van der Waals surface area (Å²) in [5.41, 5.74) is 0. The Morgan fingerprint density at radius 1 is 1.60 bits per heavy atom. The van der Waals surface area contributed by atoms with E-state index in [4.69, 9.17) is 0 Å². The minimum absolute atomic E-state index is 1.36. The molecule has 1 heteroatoms. The molecule has 0 aromatic heterocycles. The van der Waals surface area contributed by atoms with E-state index in [-0.39, 0.29) is 0 Å². The molecule has 0 rings (SSSR count). The maximum absolute atomic E-state index is 2.22.